The third-order valence-corrected chi connectivity index (χ3v) is 2.90. The second-order valence-corrected chi connectivity index (χ2v) is 4.52. The second kappa shape index (κ2) is 3.90. The highest BCUT2D eigenvalue weighted by Crippen LogP contribution is 2.33. The van der Waals surface area contributed by atoms with Crippen LogP contribution in [0.5, 0.6) is 0 Å². The van der Waals surface area contributed by atoms with Crippen molar-refractivity contribution in [1.29, 1.82) is 0 Å². The maximum Gasteiger partial charge on any atom is 0.134 e. The van der Waals surface area contributed by atoms with Gasteiger partial charge in [-0.1, -0.05) is 32.4 Å². The van der Waals surface area contributed by atoms with E-state index in [-0.39, 0.29) is 0 Å². The van der Waals surface area contributed by atoms with Crippen LogP contribution in [0.2, 0.25) is 5.02 Å². The van der Waals surface area contributed by atoms with Crippen molar-refractivity contribution in [2.45, 2.75) is 33.1 Å². The zero-order chi connectivity index (χ0) is 11.0. The van der Waals surface area contributed by atoms with Crippen LogP contribution < -0.4 is 0 Å². The van der Waals surface area contributed by atoms with Crippen LogP contribution in [-0.2, 0) is 6.42 Å². The maximum atomic E-state index is 6.01. The highest BCUT2D eigenvalue weighted by molar-refractivity contribution is 6.31. The largest absolute Gasteiger partial charge is 0.461 e. The summed E-state index contributed by atoms with van der Waals surface area (Å²) in [5, 5.41) is 1.93. The van der Waals surface area contributed by atoms with E-state index >= 15 is 0 Å². The Kier molecular flexibility index (Phi) is 2.74. The lowest BCUT2D eigenvalue weighted by Crippen LogP contribution is -1.90. The van der Waals surface area contributed by atoms with Gasteiger partial charge in [0, 0.05) is 22.4 Å². The standard InChI is InChI=1S/C13H15ClO/c1-4-11-13(8(2)3)10-7-9(14)5-6-12(10)15-11/h5-8H,4H2,1-3H3. The fraction of sp³-hybridized carbons (Fsp3) is 0.385. The number of furan rings is 1. The molecule has 0 bridgehead atoms. The van der Waals surface area contributed by atoms with Crippen molar-refractivity contribution in [3.8, 4) is 0 Å². The number of hydrogen-bond donors (Lipinski definition) is 0. The average Bonchev–Trinajstić information content (AvgIpc) is 2.55. The van der Waals surface area contributed by atoms with Crippen LogP contribution in [0.15, 0.2) is 22.6 Å². The first-order valence-corrected chi connectivity index (χ1v) is 5.72. The molecule has 0 N–H and O–H groups in total. The van der Waals surface area contributed by atoms with E-state index in [1.54, 1.807) is 0 Å². The number of rotatable bonds is 2. The van der Waals surface area contributed by atoms with Gasteiger partial charge in [-0.05, 0) is 24.1 Å². The molecular formula is C13H15ClO. The molecule has 0 fully saturated rings. The minimum Gasteiger partial charge on any atom is -0.461 e. The summed E-state index contributed by atoms with van der Waals surface area (Å²) in [5.41, 5.74) is 2.25. The van der Waals surface area contributed by atoms with Gasteiger partial charge in [0.05, 0.1) is 0 Å². The van der Waals surface area contributed by atoms with Crippen LogP contribution in [0.3, 0.4) is 0 Å². The summed E-state index contributed by atoms with van der Waals surface area (Å²) in [5.74, 6) is 1.56. The van der Waals surface area contributed by atoms with Gasteiger partial charge < -0.3 is 4.42 Å². The summed E-state index contributed by atoms with van der Waals surface area (Å²) in [6.07, 6.45) is 0.930. The van der Waals surface area contributed by atoms with Crippen molar-refractivity contribution >= 4 is 22.6 Å². The topological polar surface area (TPSA) is 13.1 Å². The number of benzene rings is 1. The predicted molar refractivity (Wildman–Crippen MR) is 64.7 cm³/mol. The second-order valence-electron chi connectivity index (χ2n) is 4.09. The first kappa shape index (κ1) is 10.6. The lowest BCUT2D eigenvalue weighted by atomic mass is 9.98. The van der Waals surface area contributed by atoms with E-state index < -0.39 is 0 Å². The van der Waals surface area contributed by atoms with Crippen molar-refractivity contribution < 1.29 is 4.42 Å². The fourth-order valence-electron chi connectivity index (χ4n) is 2.04. The molecule has 0 radical (unpaired) electrons. The molecule has 0 saturated carbocycles. The van der Waals surface area contributed by atoms with Gasteiger partial charge in [-0.3, -0.25) is 0 Å². The molecule has 0 amide bonds. The van der Waals surface area contributed by atoms with Crippen LogP contribution in [0.1, 0.15) is 38.0 Å². The number of aryl methyl sites for hydroxylation is 1. The Balaban J connectivity index is 2.76. The summed E-state index contributed by atoms with van der Waals surface area (Å²) in [4.78, 5) is 0. The van der Waals surface area contributed by atoms with E-state index in [1.165, 1.54) is 5.56 Å². The molecule has 1 heterocycles. The number of hydrogen-bond acceptors (Lipinski definition) is 1. The monoisotopic (exact) mass is 222 g/mol. The molecule has 0 saturated heterocycles. The first-order chi connectivity index (χ1) is 7.13. The molecule has 1 aromatic heterocycles. The normalized spacial score (nSPS) is 11.5. The molecular weight excluding hydrogens is 208 g/mol. The number of fused-ring (bicyclic) bond motifs is 1. The van der Waals surface area contributed by atoms with Crippen LogP contribution in [-0.4, -0.2) is 0 Å². The number of halogens is 1. The molecule has 0 aliphatic carbocycles. The summed E-state index contributed by atoms with van der Waals surface area (Å²) in [6, 6.07) is 5.81. The Bertz CT molecular complexity index is 482. The van der Waals surface area contributed by atoms with E-state index in [1.807, 2.05) is 18.2 Å². The lowest BCUT2D eigenvalue weighted by molar-refractivity contribution is 0.546. The molecule has 1 aromatic carbocycles. The van der Waals surface area contributed by atoms with Crippen LogP contribution in [0.4, 0.5) is 0 Å². The van der Waals surface area contributed by atoms with Gasteiger partial charge in [-0.25, -0.2) is 0 Å². The van der Waals surface area contributed by atoms with Gasteiger partial charge in [-0.2, -0.15) is 0 Å². The quantitative estimate of drug-likeness (QED) is 0.713. The summed E-state index contributed by atoms with van der Waals surface area (Å²) >= 11 is 6.01. The van der Waals surface area contributed by atoms with Crippen LogP contribution in [0.25, 0.3) is 11.0 Å². The fourth-order valence-corrected chi connectivity index (χ4v) is 2.21. The molecule has 0 aliphatic rings. The van der Waals surface area contributed by atoms with E-state index in [0.29, 0.717) is 5.92 Å². The molecule has 15 heavy (non-hydrogen) atoms. The summed E-state index contributed by atoms with van der Waals surface area (Å²) in [7, 11) is 0. The smallest absolute Gasteiger partial charge is 0.134 e. The summed E-state index contributed by atoms with van der Waals surface area (Å²) < 4.78 is 5.81. The maximum absolute atomic E-state index is 6.01. The van der Waals surface area contributed by atoms with E-state index in [4.69, 9.17) is 16.0 Å². The predicted octanol–water partition coefficient (Wildman–Crippen LogP) is 4.77. The molecule has 2 aromatic rings. The van der Waals surface area contributed by atoms with E-state index in [2.05, 4.69) is 20.8 Å². The van der Waals surface area contributed by atoms with Gasteiger partial charge >= 0.3 is 0 Å². The van der Waals surface area contributed by atoms with Gasteiger partial charge in [0.25, 0.3) is 0 Å². The zero-order valence-corrected chi connectivity index (χ0v) is 10.1. The lowest BCUT2D eigenvalue weighted by Gasteiger charge is -2.04. The van der Waals surface area contributed by atoms with Crippen molar-refractivity contribution in [3.63, 3.8) is 0 Å². The molecule has 2 rings (SSSR count). The molecule has 1 nitrogen and oxygen atoms in total. The van der Waals surface area contributed by atoms with Gasteiger partial charge in [0.15, 0.2) is 0 Å². The molecule has 0 unspecified atom stereocenters. The Labute approximate surface area is 95.0 Å². The highest BCUT2D eigenvalue weighted by atomic mass is 35.5. The van der Waals surface area contributed by atoms with Crippen LogP contribution in [0, 0.1) is 0 Å². The minimum atomic E-state index is 0.472. The molecule has 0 aliphatic heterocycles. The molecule has 2 heteroatoms. The molecule has 0 atom stereocenters. The zero-order valence-electron chi connectivity index (χ0n) is 9.30. The average molecular weight is 223 g/mol. The Hall–Kier alpha value is -0.950. The third-order valence-electron chi connectivity index (χ3n) is 2.66. The summed E-state index contributed by atoms with van der Waals surface area (Å²) in [6.45, 7) is 6.49. The van der Waals surface area contributed by atoms with Crippen LogP contribution >= 0.6 is 11.6 Å². The minimum absolute atomic E-state index is 0.472. The highest BCUT2D eigenvalue weighted by Gasteiger charge is 2.15. The van der Waals surface area contributed by atoms with Gasteiger partial charge in [0.2, 0.25) is 0 Å². The van der Waals surface area contributed by atoms with E-state index in [9.17, 15) is 0 Å². The van der Waals surface area contributed by atoms with Gasteiger partial charge in [-0.15, -0.1) is 0 Å². The SMILES string of the molecule is CCc1oc2ccc(Cl)cc2c1C(C)C. The molecule has 0 spiro atoms. The van der Waals surface area contributed by atoms with Crippen molar-refractivity contribution in [2.75, 3.05) is 0 Å². The van der Waals surface area contributed by atoms with E-state index in [0.717, 1.165) is 28.2 Å². The van der Waals surface area contributed by atoms with Crippen molar-refractivity contribution in [3.05, 3.63) is 34.5 Å². The van der Waals surface area contributed by atoms with Crippen molar-refractivity contribution in [1.82, 2.24) is 0 Å². The Morgan fingerprint density at radius 3 is 2.67 bits per heavy atom. The first-order valence-electron chi connectivity index (χ1n) is 5.34. The van der Waals surface area contributed by atoms with Gasteiger partial charge in [0.1, 0.15) is 11.3 Å². The van der Waals surface area contributed by atoms with Crippen molar-refractivity contribution in [2.24, 2.45) is 0 Å². The molecule has 80 valence electrons. The Morgan fingerprint density at radius 1 is 1.33 bits per heavy atom. The Morgan fingerprint density at radius 2 is 2.07 bits per heavy atom. The third kappa shape index (κ3) is 1.76.